The van der Waals surface area contributed by atoms with Gasteiger partial charge in [0.25, 0.3) is 0 Å². The lowest BCUT2D eigenvalue weighted by atomic mass is 9.98. The fourth-order valence-corrected chi connectivity index (χ4v) is 3.62. The van der Waals surface area contributed by atoms with E-state index in [0.29, 0.717) is 38.6 Å². The summed E-state index contributed by atoms with van der Waals surface area (Å²) in [5.41, 5.74) is 0.740. The molecule has 0 fully saturated rings. The highest BCUT2D eigenvalue weighted by molar-refractivity contribution is 6.35. The summed E-state index contributed by atoms with van der Waals surface area (Å²) in [4.78, 5) is 10.9. The molecular weight excluding hydrogens is 428 g/mol. The van der Waals surface area contributed by atoms with Crippen LogP contribution in [0.4, 0.5) is 13.2 Å². The first-order valence-electron chi connectivity index (χ1n) is 8.79. The largest absolute Gasteiger partial charge is 0.481 e. The zero-order valence-corrected chi connectivity index (χ0v) is 16.8. The standard InChI is InChI=1S/C20H17Cl2F3N2O2/c1-11(2-7-18(28)29)19-15-6-4-13(20(23,24)25)8-17(15)27(26-19)10-12-3-5-14(21)9-16(12)22/h3-6,8-9,11H,2,7,10H2,1H3,(H,28,29). The molecule has 0 saturated carbocycles. The van der Waals surface area contributed by atoms with Crippen molar-refractivity contribution < 1.29 is 23.1 Å². The summed E-state index contributed by atoms with van der Waals surface area (Å²) in [7, 11) is 0. The molecule has 0 radical (unpaired) electrons. The Labute approximate surface area is 174 Å². The highest BCUT2D eigenvalue weighted by atomic mass is 35.5. The number of hydrogen-bond acceptors (Lipinski definition) is 2. The van der Waals surface area contributed by atoms with Crippen LogP contribution in [0, 0.1) is 0 Å². The van der Waals surface area contributed by atoms with Crippen LogP contribution in [0.2, 0.25) is 10.0 Å². The van der Waals surface area contributed by atoms with E-state index in [9.17, 15) is 18.0 Å². The third kappa shape index (κ3) is 4.85. The molecule has 2 aromatic carbocycles. The van der Waals surface area contributed by atoms with Gasteiger partial charge in [0.15, 0.2) is 0 Å². The van der Waals surface area contributed by atoms with Crippen LogP contribution in [0.3, 0.4) is 0 Å². The van der Waals surface area contributed by atoms with E-state index in [2.05, 4.69) is 5.10 Å². The van der Waals surface area contributed by atoms with Crippen molar-refractivity contribution in [3.05, 3.63) is 63.3 Å². The molecule has 1 aromatic heterocycles. The molecule has 1 N–H and O–H groups in total. The van der Waals surface area contributed by atoms with E-state index in [1.165, 1.54) is 10.7 Å². The number of carboxylic acids is 1. The molecular formula is C20H17Cl2F3N2O2. The number of hydrogen-bond donors (Lipinski definition) is 1. The van der Waals surface area contributed by atoms with Crippen molar-refractivity contribution >= 4 is 40.1 Å². The van der Waals surface area contributed by atoms with Gasteiger partial charge < -0.3 is 5.11 Å². The Morgan fingerprint density at radius 2 is 1.93 bits per heavy atom. The van der Waals surface area contributed by atoms with Gasteiger partial charge in [-0.1, -0.05) is 42.3 Å². The Hall–Kier alpha value is -2.25. The first kappa shape index (κ1) is 21.5. The number of aromatic nitrogens is 2. The van der Waals surface area contributed by atoms with Gasteiger partial charge >= 0.3 is 12.1 Å². The molecule has 3 rings (SSSR count). The summed E-state index contributed by atoms with van der Waals surface area (Å²) in [5, 5.41) is 14.8. The van der Waals surface area contributed by atoms with Gasteiger partial charge in [-0.3, -0.25) is 9.48 Å². The zero-order chi connectivity index (χ0) is 21.3. The number of halogens is 5. The minimum atomic E-state index is -4.49. The number of alkyl halides is 3. The van der Waals surface area contributed by atoms with Crippen LogP contribution in [-0.2, 0) is 17.5 Å². The number of rotatable bonds is 6. The number of aliphatic carboxylic acids is 1. The SMILES string of the molecule is CC(CCC(=O)O)c1nn(Cc2ccc(Cl)cc2Cl)c2cc(C(F)(F)F)ccc12. The van der Waals surface area contributed by atoms with Gasteiger partial charge in [0, 0.05) is 27.8 Å². The van der Waals surface area contributed by atoms with Crippen LogP contribution < -0.4 is 0 Å². The Bertz CT molecular complexity index is 1060. The van der Waals surface area contributed by atoms with E-state index >= 15 is 0 Å². The molecule has 4 nitrogen and oxygen atoms in total. The second-order valence-electron chi connectivity index (χ2n) is 6.84. The van der Waals surface area contributed by atoms with Crippen LogP contribution in [0.25, 0.3) is 10.9 Å². The first-order chi connectivity index (χ1) is 13.6. The number of fused-ring (bicyclic) bond motifs is 1. The molecule has 0 bridgehead atoms. The Morgan fingerprint density at radius 3 is 2.55 bits per heavy atom. The predicted octanol–water partition coefficient (Wildman–Crippen LogP) is 6.38. The normalized spacial score (nSPS) is 13.0. The molecule has 154 valence electrons. The third-order valence-corrected chi connectivity index (χ3v) is 5.29. The lowest BCUT2D eigenvalue weighted by Gasteiger charge is -2.09. The average molecular weight is 445 g/mol. The van der Waals surface area contributed by atoms with Crippen molar-refractivity contribution in [2.75, 3.05) is 0 Å². The number of carbonyl (C=O) groups is 1. The van der Waals surface area contributed by atoms with Crippen molar-refractivity contribution in [3.63, 3.8) is 0 Å². The lowest BCUT2D eigenvalue weighted by molar-refractivity contribution is -0.138. The van der Waals surface area contributed by atoms with Crippen molar-refractivity contribution in [3.8, 4) is 0 Å². The number of nitrogens with zero attached hydrogens (tertiary/aromatic N) is 2. The van der Waals surface area contributed by atoms with Crippen LogP contribution in [0.15, 0.2) is 36.4 Å². The molecule has 0 aliphatic carbocycles. The molecule has 0 aliphatic heterocycles. The summed E-state index contributed by atoms with van der Waals surface area (Å²) in [6.07, 6.45) is -4.22. The minimum absolute atomic E-state index is 0.0564. The van der Waals surface area contributed by atoms with E-state index in [1.807, 2.05) is 6.92 Å². The van der Waals surface area contributed by atoms with Gasteiger partial charge in [-0.2, -0.15) is 18.3 Å². The zero-order valence-electron chi connectivity index (χ0n) is 15.3. The predicted molar refractivity (Wildman–Crippen MR) is 106 cm³/mol. The topological polar surface area (TPSA) is 55.1 Å². The molecule has 1 unspecified atom stereocenters. The second kappa shape index (κ2) is 8.24. The fraction of sp³-hybridized carbons (Fsp3) is 0.300. The Balaban J connectivity index is 2.09. The highest BCUT2D eigenvalue weighted by Gasteiger charge is 2.31. The Kier molecular flexibility index (Phi) is 6.10. The van der Waals surface area contributed by atoms with Crippen molar-refractivity contribution in [2.24, 2.45) is 0 Å². The molecule has 0 spiro atoms. The minimum Gasteiger partial charge on any atom is -0.481 e. The van der Waals surface area contributed by atoms with E-state index in [0.717, 1.165) is 12.1 Å². The van der Waals surface area contributed by atoms with E-state index in [4.69, 9.17) is 28.3 Å². The van der Waals surface area contributed by atoms with Crippen LogP contribution in [0.5, 0.6) is 0 Å². The summed E-state index contributed by atoms with van der Waals surface area (Å²) in [5.74, 6) is -1.18. The van der Waals surface area contributed by atoms with Crippen molar-refractivity contribution in [2.45, 2.75) is 38.4 Å². The molecule has 0 saturated heterocycles. The molecule has 9 heteroatoms. The molecule has 1 heterocycles. The highest BCUT2D eigenvalue weighted by Crippen LogP contribution is 2.35. The van der Waals surface area contributed by atoms with Gasteiger partial charge in [-0.25, -0.2) is 0 Å². The summed E-state index contributed by atoms with van der Waals surface area (Å²) >= 11 is 12.1. The number of carboxylic acid groups (broad SMARTS) is 1. The van der Waals surface area contributed by atoms with E-state index in [1.54, 1.807) is 18.2 Å². The molecule has 0 aliphatic rings. The van der Waals surface area contributed by atoms with Crippen LogP contribution >= 0.6 is 23.2 Å². The quantitative estimate of drug-likeness (QED) is 0.479. The Morgan fingerprint density at radius 1 is 1.21 bits per heavy atom. The monoisotopic (exact) mass is 444 g/mol. The second-order valence-corrected chi connectivity index (χ2v) is 7.69. The maximum Gasteiger partial charge on any atom is 0.416 e. The maximum atomic E-state index is 13.2. The maximum absolute atomic E-state index is 13.2. The summed E-state index contributed by atoms with van der Waals surface area (Å²) in [6.45, 7) is 1.96. The summed E-state index contributed by atoms with van der Waals surface area (Å²) < 4.78 is 41.1. The van der Waals surface area contributed by atoms with Gasteiger partial charge in [0.2, 0.25) is 0 Å². The molecule has 3 aromatic rings. The molecule has 29 heavy (non-hydrogen) atoms. The summed E-state index contributed by atoms with van der Waals surface area (Å²) in [6, 6.07) is 8.35. The smallest absolute Gasteiger partial charge is 0.416 e. The van der Waals surface area contributed by atoms with Gasteiger partial charge in [0.1, 0.15) is 0 Å². The van der Waals surface area contributed by atoms with Gasteiger partial charge in [-0.15, -0.1) is 0 Å². The van der Waals surface area contributed by atoms with Crippen molar-refractivity contribution in [1.82, 2.24) is 9.78 Å². The van der Waals surface area contributed by atoms with Crippen molar-refractivity contribution in [1.29, 1.82) is 0 Å². The van der Waals surface area contributed by atoms with Crippen LogP contribution in [0.1, 0.15) is 42.5 Å². The third-order valence-electron chi connectivity index (χ3n) is 4.70. The first-order valence-corrected chi connectivity index (χ1v) is 9.55. The molecule has 0 amide bonds. The fourth-order valence-electron chi connectivity index (χ4n) is 3.15. The lowest BCUT2D eigenvalue weighted by Crippen LogP contribution is -2.06. The molecule has 1 atom stereocenters. The van der Waals surface area contributed by atoms with Gasteiger partial charge in [0.05, 0.1) is 23.3 Å². The van der Waals surface area contributed by atoms with Crippen LogP contribution in [-0.4, -0.2) is 20.9 Å². The average Bonchev–Trinajstić information content (AvgIpc) is 2.99. The van der Waals surface area contributed by atoms with E-state index in [-0.39, 0.29) is 18.9 Å². The van der Waals surface area contributed by atoms with Gasteiger partial charge in [-0.05, 0) is 36.2 Å². The van der Waals surface area contributed by atoms with E-state index < -0.39 is 17.7 Å². The number of benzene rings is 2.